The number of ether oxygens (including phenoxy) is 1. The molecule has 0 aliphatic heterocycles. The summed E-state index contributed by atoms with van der Waals surface area (Å²) in [5.41, 5.74) is 0.287. The van der Waals surface area contributed by atoms with Gasteiger partial charge in [0.05, 0.1) is 18.5 Å². The third kappa shape index (κ3) is 3.32. The normalized spacial score (nSPS) is 23.2. The van der Waals surface area contributed by atoms with Gasteiger partial charge in [0.15, 0.2) is 0 Å². The summed E-state index contributed by atoms with van der Waals surface area (Å²) in [6.07, 6.45) is 4.12. The summed E-state index contributed by atoms with van der Waals surface area (Å²) in [6.45, 7) is 9.67. The van der Waals surface area contributed by atoms with Gasteiger partial charge in [-0.1, -0.05) is 13.8 Å². The van der Waals surface area contributed by atoms with E-state index in [1.807, 2.05) is 13.8 Å². The van der Waals surface area contributed by atoms with Crippen molar-refractivity contribution in [2.75, 3.05) is 18.5 Å². The lowest BCUT2D eigenvalue weighted by atomic mass is 9.64. The molecule has 0 spiro atoms. The van der Waals surface area contributed by atoms with Crippen LogP contribution in [0.4, 0.5) is 5.82 Å². The van der Waals surface area contributed by atoms with E-state index in [1.165, 1.54) is 6.20 Å². The topological polar surface area (TPSA) is 76.1 Å². The van der Waals surface area contributed by atoms with Crippen molar-refractivity contribution >= 4 is 11.7 Å². The highest BCUT2D eigenvalue weighted by Crippen LogP contribution is 2.42. The number of nitrogens with zero attached hydrogens (tertiary/aromatic N) is 2. The van der Waals surface area contributed by atoms with Gasteiger partial charge in [-0.3, -0.25) is 4.79 Å². The molecule has 6 heteroatoms. The van der Waals surface area contributed by atoms with Gasteiger partial charge in [-0.2, -0.15) is 0 Å². The predicted molar refractivity (Wildman–Crippen MR) is 81.3 cm³/mol. The number of amides is 1. The third-order valence-electron chi connectivity index (χ3n) is 4.09. The van der Waals surface area contributed by atoms with Crippen molar-refractivity contribution in [3.05, 3.63) is 18.1 Å². The SMILES string of the molecule is CCNc1cnc(C(=O)NC2CC(OCC)C2(C)C)cn1. The summed E-state index contributed by atoms with van der Waals surface area (Å²) in [6, 6.07) is 0.108. The van der Waals surface area contributed by atoms with Gasteiger partial charge in [0, 0.05) is 24.6 Å². The highest BCUT2D eigenvalue weighted by Gasteiger charge is 2.49. The Morgan fingerprint density at radius 3 is 2.67 bits per heavy atom. The first-order chi connectivity index (χ1) is 9.98. The monoisotopic (exact) mass is 292 g/mol. The van der Waals surface area contributed by atoms with Crippen LogP contribution in [0.25, 0.3) is 0 Å². The van der Waals surface area contributed by atoms with E-state index >= 15 is 0 Å². The molecule has 1 aromatic rings. The minimum Gasteiger partial charge on any atom is -0.378 e. The van der Waals surface area contributed by atoms with Gasteiger partial charge in [-0.15, -0.1) is 0 Å². The Bertz CT molecular complexity index is 487. The number of rotatable bonds is 6. The summed E-state index contributed by atoms with van der Waals surface area (Å²) in [5, 5.41) is 6.07. The Kier molecular flexibility index (Phi) is 4.77. The molecule has 0 bridgehead atoms. The number of anilines is 1. The molecule has 1 aliphatic carbocycles. The Hall–Kier alpha value is -1.69. The van der Waals surface area contributed by atoms with Gasteiger partial charge in [-0.25, -0.2) is 9.97 Å². The van der Waals surface area contributed by atoms with Gasteiger partial charge in [0.25, 0.3) is 5.91 Å². The first-order valence-electron chi connectivity index (χ1n) is 7.47. The molecule has 1 aliphatic rings. The summed E-state index contributed by atoms with van der Waals surface area (Å²) in [7, 11) is 0. The first kappa shape index (κ1) is 15.7. The summed E-state index contributed by atoms with van der Waals surface area (Å²) < 4.78 is 5.67. The number of nitrogens with one attached hydrogen (secondary N) is 2. The number of hydrogen-bond acceptors (Lipinski definition) is 5. The van der Waals surface area contributed by atoms with Crippen molar-refractivity contribution in [3.8, 4) is 0 Å². The minimum atomic E-state index is -0.182. The molecule has 0 saturated heterocycles. The van der Waals surface area contributed by atoms with Crippen molar-refractivity contribution in [3.63, 3.8) is 0 Å². The van der Waals surface area contributed by atoms with Crippen LogP contribution in [-0.2, 0) is 4.74 Å². The second-order valence-corrected chi connectivity index (χ2v) is 5.84. The Balaban J connectivity index is 1.93. The lowest BCUT2D eigenvalue weighted by Crippen LogP contribution is -2.62. The maximum absolute atomic E-state index is 12.2. The van der Waals surface area contributed by atoms with Crippen molar-refractivity contribution in [2.24, 2.45) is 5.41 Å². The van der Waals surface area contributed by atoms with Crippen LogP contribution in [0.3, 0.4) is 0 Å². The molecule has 2 unspecified atom stereocenters. The van der Waals surface area contributed by atoms with Gasteiger partial charge in [-0.05, 0) is 20.3 Å². The third-order valence-corrected chi connectivity index (χ3v) is 4.09. The molecule has 1 saturated carbocycles. The molecule has 1 aromatic heterocycles. The fourth-order valence-corrected chi connectivity index (χ4v) is 2.56. The van der Waals surface area contributed by atoms with Gasteiger partial charge in [0.1, 0.15) is 11.5 Å². The van der Waals surface area contributed by atoms with E-state index in [0.29, 0.717) is 18.1 Å². The first-order valence-corrected chi connectivity index (χ1v) is 7.47. The van der Waals surface area contributed by atoms with Crippen LogP contribution in [-0.4, -0.2) is 41.2 Å². The molecule has 0 radical (unpaired) electrons. The summed E-state index contributed by atoms with van der Waals surface area (Å²) in [4.78, 5) is 20.5. The fraction of sp³-hybridized carbons (Fsp3) is 0.667. The molecule has 2 N–H and O–H groups in total. The van der Waals surface area contributed by atoms with Gasteiger partial charge in [0.2, 0.25) is 0 Å². The van der Waals surface area contributed by atoms with E-state index in [4.69, 9.17) is 4.74 Å². The van der Waals surface area contributed by atoms with Crippen LogP contribution >= 0.6 is 0 Å². The van der Waals surface area contributed by atoms with Crippen molar-refractivity contribution in [2.45, 2.75) is 46.3 Å². The van der Waals surface area contributed by atoms with Crippen LogP contribution in [0, 0.1) is 5.41 Å². The summed E-state index contributed by atoms with van der Waals surface area (Å²) >= 11 is 0. The van der Waals surface area contributed by atoms with E-state index in [0.717, 1.165) is 13.0 Å². The average molecular weight is 292 g/mol. The highest BCUT2D eigenvalue weighted by atomic mass is 16.5. The zero-order valence-corrected chi connectivity index (χ0v) is 13.1. The molecule has 6 nitrogen and oxygen atoms in total. The number of carbonyl (C=O) groups excluding carboxylic acids is 1. The van der Waals surface area contributed by atoms with Gasteiger partial charge >= 0.3 is 0 Å². The summed E-state index contributed by atoms with van der Waals surface area (Å²) in [5.74, 6) is 0.494. The van der Waals surface area contributed by atoms with E-state index < -0.39 is 0 Å². The van der Waals surface area contributed by atoms with E-state index in [-0.39, 0.29) is 23.5 Å². The Morgan fingerprint density at radius 1 is 1.38 bits per heavy atom. The maximum Gasteiger partial charge on any atom is 0.271 e. The van der Waals surface area contributed by atoms with Crippen molar-refractivity contribution in [1.29, 1.82) is 0 Å². The smallest absolute Gasteiger partial charge is 0.271 e. The molecule has 1 amide bonds. The number of hydrogen-bond donors (Lipinski definition) is 2. The zero-order chi connectivity index (χ0) is 15.5. The molecular weight excluding hydrogens is 268 g/mol. The van der Waals surface area contributed by atoms with E-state index in [1.54, 1.807) is 6.20 Å². The van der Waals surface area contributed by atoms with Crippen LogP contribution < -0.4 is 10.6 Å². The Labute approximate surface area is 125 Å². The molecule has 2 atom stereocenters. The van der Waals surface area contributed by atoms with Gasteiger partial charge < -0.3 is 15.4 Å². The predicted octanol–water partition coefficient (Wildman–Crippen LogP) is 1.84. The lowest BCUT2D eigenvalue weighted by molar-refractivity contribution is -0.111. The average Bonchev–Trinajstić information content (AvgIpc) is 2.47. The van der Waals surface area contributed by atoms with Crippen LogP contribution in [0.2, 0.25) is 0 Å². The quantitative estimate of drug-likeness (QED) is 0.836. The fourth-order valence-electron chi connectivity index (χ4n) is 2.56. The number of aromatic nitrogens is 2. The largest absolute Gasteiger partial charge is 0.378 e. The number of carbonyl (C=O) groups is 1. The molecule has 1 heterocycles. The molecular formula is C15H24N4O2. The Morgan fingerprint density at radius 2 is 2.14 bits per heavy atom. The van der Waals surface area contributed by atoms with Crippen LogP contribution in [0.15, 0.2) is 12.4 Å². The standard InChI is InChI=1S/C15H24N4O2/c1-5-16-13-9-17-10(8-18-13)14(20)19-11-7-12(21-6-2)15(11,3)4/h8-9,11-12H,5-7H2,1-4H3,(H,16,18)(H,19,20). The van der Waals surface area contributed by atoms with E-state index in [2.05, 4.69) is 34.4 Å². The van der Waals surface area contributed by atoms with Crippen LogP contribution in [0.5, 0.6) is 0 Å². The lowest BCUT2D eigenvalue weighted by Gasteiger charge is -2.51. The maximum atomic E-state index is 12.2. The minimum absolute atomic E-state index is 0.0528. The zero-order valence-electron chi connectivity index (χ0n) is 13.1. The molecule has 0 aromatic carbocycles. The molecule has 116 valence electrons. The van der Waals surface area contributed by atoms with Crippen molar-refractivity contribution < 1.29 is 9.53 Å². The van der Waals surface area contributed by atoms with E-state index in [9.17, 15) is 4.79 Å². The second kappa shape index (κ2) is 6.39. The molecule has 2 rings (SSSR count). The second-order valence-electron chi connectivity index (χ2n) is 5.84. The molecule has 21 heavy (non-hydrogen) atoms. The van der Waals surface area contributed by atoms with Crippen molar-refractivity contribution in [1.82, 2.24) is 15.3 Å². The highest BCUT2D eigenvalue weighted by molar-refractivity contribution is 5.92. The molecule has 1 fully saturated rings. The van der Waals surface area contributed by atoms with Crippen LogP contribution in [0.1, 0.15) is 44.6 Å².